The molecule has 2 rings (SSSR count). The maximum atomic E-state index is 12.0. The van der Waals surface area contributed by atoms with Crippen molar-refractivity contribution in [2.24, 2.45) is 11.8 Å². The summed E-state index contributed by atoms with van der Waals surface area (Å²) in [6.45, 7) is 4.49. The topological polar surface area (TPSA) is 62.2 Å². The van der Waals surface area contributed by atoms with Gasteiger partial charge in [-0.05, 0) is 37.2 Å². The molecule has 0 saturated heterocycles. The zero-order valence-corrected chi connectivity index (χ0v) is 10.9. The Morgan fingerprint density at radius 1 is 1.39 bits per heavy atom. The van der Waals surface area contributed by atoms with Gasteiger partial charge in [-0.25, -0.2) is 0 Å². The van der Waals surface area contributed by atoms with E-state index in [0.29, 0.717) is 11.5 Å². The molecule has 1 aromatic rings. The highest BCUT2D eigenvalue weighted by Crippen LogP contribution is 2.29. The molecule has 4 heteroatoms. The summed E-state index contributed by atoms with van der Waals surface area (Å²) in [6, 6.07) is 1.76. The van der Waals surface area contributed by atoms with E-state index in [-0.39, 0.29) is 17.7 Å². The minimum Gasteiger partial charge on any atom is -0.505 e. The zero-order chi connectivity index (χ0) is 13.1. The third-order valence-corrected chi connectivity index (χ3v) is 3.98. The number of carbonyl (C=O) groups excluding carboxylic acids is 1. The molecular weight excluding hydrogens is 228 g/mol. The molecule has 4 nitrogen and oxygen atoms in total. The van der Waals surface area contributed by atoms with Crippen molar-refractivity contribution in [3.8, 4) is 5.75 Å². The third-order valence-electron chi connectivity index (χ3n) is 3.98. The molecule has 0 spiro atoms. The fourth-order valence-electron chi connectivity index (χ4n) is 2.52. The predicted octanol–water partition coefficient (Wildman–Crippen LogP) is 2.34. The monoisotopic (exact) mass is 248 g/mol. The van der Waals surface area contributed by atoms with Crippen LogP contribution in [0.25, 0.3) is 0 Å². The zero-order valence-electron chi connectivity index (χ0n) is 10.9. The number of aromatic hydroxyl groups is 1. The molecule has 0 aliphatic heterocycles. The fraction of sp³-hybridized carbons (Fsp3) is 0.571. The minimum absolute atomic E-state index is 0.0628. The summed E-state index contributed by atoms with van der Waals surface area (Å²) in [5.41, 5.74) is 0.302. The van der Waals surface area contributed by atoms with Crippen molar-refractivity contribution in [1.82, 2.24) is 10.3 Å². The van der Waals surface area contributed by atoms with E-state index in [0.717, 1.165) is 25.2 Å². The molecule has 18 heavy (non-hydrogen) atoms. The standard InChI is InChI=1S/C14H20N2O2/c1-9-3-4-11(7-10(9)2)16-14(18)12-5-6-15-8-13(12)17/h5-6,8-11,17H,3-4,7H2,1-2H3,(H,16,18). The molecule has 1 saturated carbocycles. The second-order valence-corrected chi connectivity index (χ2v) is 5.33. The van der Waals surface area contributed by atoms with Crippen LogP contribution in [0.15, 0.2) is 18.5 Å². The van der Waals surface area contributed by atoms with Gasteiger partial charge < -0.3 is 10.4 Å². The quantitative estimate of drug-likeness (QED) is 0.844. The van der Waals surface area contributed by atoms with Crippen molar-refractivity contribution < 1.29 is 9.90 Å². The van der Waals surface area contributed by atoms with Gasteiger partial charge >= 0.3 is 0 Å². The van der Waals surface area contributed by atoms with Gasteiger partial charge in [0, 0.05) is 12.2 Å². The molecule has 1 heterocycles. The number of rotatable bonds is 2. The molecule has 1 aromatic heterocycles. The van der Waals surface area contributed by atoms with Gasteiger partial charge in [0.2, 0.25) is 0 Å². The molecule has 3 unspecified atom stereocenters. The Kier molecular flexibility index (Phi) is 3.84. The van der Waals surface area contributed by atoms with Gasteiger partial charge in [-0.2, -0.15) is 0 Å². The highest BCUT2D eigenvalue weighted by atomic mass is 16.3. The van der Waals surface area contributed by atoms with Gasteiger partial charge in [-0.3, -0.25) is 9.78 Å². The smallest absolute Gasteiger partial charge is 0.255 e. The maximum Gasteiger partial charge on any atom is 0.255 e. The van der Waals surface area contributed by atoms with Crippen molar-refractivity contribution >= 4 is 5.91 Å². The first-order valence-electron chi connectivity index (χ1n) is 6.51. The molecule has 1 aliphatic carbocycles. The van der Waals surface area contributed by atoms with Crippen molar-refractivity contribution in [2.45, 2.75) is 39.2 Å². The van der Waals surface area contributed by atoms with Crippen molar-refractivity contribution in [1.29, 1.82) is 0 Å². The lowest BCUT2D eigenvalue weighted by atomic mass is 9.79. The average molecular weight is 248 g/mol. The van der Waals surface area contributed by atoms with Crippen LogP contribution in [0.1, 0.15) is 43.5 Å². The van der Waals surface area contributed by atoms with Crippen LogP contribution in [0.5, 0.6) is 5.75 Å². The van der Waals surface area contributed by atoms with Crippen molar-refractivity contribution in [3.05, 3.63) is 24.0 Å². The third kappa shape index (κ3) is 2.81. The lowest BCUT2D eigenvalue weighted by molar-refractivity contribution is 0.0908. The van der Waals surface area contributed by atoms with Crippen LogP contribution in [0.2, 0.25) is 0 Å². The van der Waals surface area contributed by atoms with Crippen LogP contribution in [-0.2, 0) is 0 Å². The molecule has 0 radical (unpaired) electrons. The molecule has 3 atom stereocenters. The van der Waals surface area contributed by atoms with Crippen molar-refractivity contribution in [2.75, 3.05) is 0 Å². The van der Waals surface area contributed by atoms with Crippen LogP contribution in [0.4, 0.5) is 0 Å². The molecule has 1 fully saturated rings. The first-order valence-corrected chi connectivity index (χ1v) is 6.51. The Morgan fingerprint density at radius 3 is 2.83 bits per heavy atom. The lowest BCUT2D eigenvalue weighted by Gasteiger charge is -2.32. The van der Waals surface area contributed by atoms with E-state index < -0.39 is 0 Å². The number of nitrogens with one attached hydrogen (secondary N) is 1. The summed E-state index contributed by atoms with van der Waals surface area (Å²) < 4.78 is 0. The predicted molar refractivity (Wildman–Crippen MR) is 69.3 cm³/mol. The van der Waals surface area contributed by atoms with E-state index in [1.54, 1.807) is 6.07 Å². The van der Waals surface area contributed by atoms with Crippen LogP contribution >= 0.6 is 0 Å². The van der Waals surface area contributed by atoms with E-state index in [2.05, 4.69) is 24.1 Å². The fourth-order valence-corrected chi connectivity index (χ4v) is 2.52. The molecule has 98 valence electrons. The van der Waals surface area contributed by atoms with Gasteiger partial charge in [0.05, 0.1) is 11.8 Å². The number of pyridine rings is 1. The first-order chi connectivity index (χ1) is 8.58. The lowest BCUT2D eigenvalue weighted by Crippen LogP contribution is -2.39. The van der Waals surface area contributed by atoms with Crippen LogP contribution in [0, 0.1) is 11.8 Å². The largest absolute Gasteiger partial charge is 0.505 e. The normalized spacial score (nSPS) is 27.8. The Hall–Kier alpha value is -1.58. The van der Waals surface area contributed by atoms with Gasteiger partial charge in [0.15, 0.2) is 0 Å². The Labute approximate surface area is 107 Å². The summed E-state index contributed by atoms with van der Waals surface area (Å²) in [5, 5.41) is 12.6. The number of carbonyl (C=O) groups is 1. The summed E-state index contributed by atoms with van der Waals surface area (Å²) >= 11 is 0. The molecule has 2 N–H and O–H groups in total. The van der Waals surface area contributed by atoms with Crippen LogP contribution < -0.4 is 5.32 Å². The SMILES string of the molecule is CC1CCC(NC(=O)c2ccncc2O)CC1C. The van der Waals surface area contributed by atoms with E-state index in [1.807, 2.05) is 0 Å². The van der Waals surface area contributed by atoms with Crippen LogP contribution in [-0.4, -0.2) is 22.0 Å². The highest BCUT2D eigenvalue weighted by Gasteiger charge is 2.26. The summed E-state index contributed by atoms with van der Waals surface area (Å²) in [5.74, 6) is 1.09. The van der Waals surface area contributed by atoms with E-state index in [9.17, 15) is 9.90 Å². The van der Waals surface area contributed by atoms with Gasteiger partial charge in [0.1, 0.15) is 5.75 Å². The molecule has 1 amide bonds. The summed E-state index contributed by atoms with van der Waals surface area (Å²) in [7, 11) is 0. The Balaban J connectivity index is 1.98. The number of hydrogen-bond donors (Lipinski definition) is 2. The molecular formula is C14H20N2O2. The van der Waals surface area contributed by atoms with Crippen LogP contribution in [0.3, 0.4) is 0 Å². The maximum absolute atomic E-state index is 12.0. The van der Waals surface area contributed by atoms with Gasteiger partial charge in [0.25, 0.3) is 5.91 Å². The molecule has 0 aromatic carbocycles. The Bertz CT molecular complexity index is 434. The van der Waals surface area contributed by atoms with Gasteiger partial charge in [-0.1, -0.05) is 13.8 Å². The molecule has 1 aliphatic rings. The van der Waals surface area contributed by atoms with E-state index >= 15 is 0 Å². The summed E-state index contributed by atoms with van der Waals surface area (Å²) in [4.78, 5) is 15.8. The highest BCUT2D eigenvalue weighted by molar-refractivity contribution is 5.96. The average Bonchev–Trinajstić information content (AvgIpc) is 2.34. The number of aromatic nitrogens is 1. The number of amides is 1. The number of nitrogens with zero attached hydrogens (tertiary/aromatic N) is 1. The van der Waals surface area contributed by atoms with E-state index in [1.165, 1.54) is 12.4 Å². The van der Waals surface area contributed by atoms with E-state index in [4.69, 9.17) is 0 Å². The second kappa shape index (κ2) is 5.38. The second-order valence-electron chi connectivity index (χ2n) is 5.33. The number of hydrogen-bond acceptors (Lipinski definition) is 3. The van der Waals surface area contributed by atoms with Gasteiger partial charge in [-0.15, -0.1) is 0 Å². The van der Waals surface area contributed by atoms with Crippen molar-refractivity contribution in [3.63, 3.8) is 0 Å². The Morgan fingerprint density at radius 2 is 2.17 bits per heavy atom. The summed E-state index contributed by atoms with van der Waals surface area (Å²) in [6.07, 6.45) is 5.98. The minimum atomic E-state index is -0.207. The first kappa shape index (κ1) is 12.9. The molecule has 0 bridgehead atoms.